The van der Waals surface area contributed by atoms with Crippen molar-refractivity contribution >= 4 is 17.3 Å². The molecule has 2 N–H and O–H groups in total. The number of aromatic nitrogens is 2. The first kappa shape index (κ1) is 13.1. The van der Waals surface area contributed by atoms with Crippen molar-refractivity contribution in [3.63, 3.8) is 0 Å². The van der Waals surface area contributed by atoms with Gasteiger partial charge in [0.1, 0.15) is 11.5 Å². The van der Waals surface area contributed by atoms with E-state index in [0.29, 0.717) is 5.69 Å². The van der Waals surface area contributed by atoms with E-state index in [9.17, 15) is 4.79 Å². The van der Waals surface area contributed by atoms with E-state index < -0.39 is 0 Å². The van der Waals surface area contributed by atoms with Crippen molar-refractivity contribution in [1.82, 2.24) is 9.97 Å². The van der Waals surface area contributed by atoms with E-state index >= 15 is 0 Å². The Morgan fingerprint density at radius 3 is 2.74 bits per heavy atom. The largest absolute Gasteiger partial charge is 0.376 e. The van der Waals surface area contributed by atoms with Gasteiger partial charge in [0.2, 0.25) is 0 Å². The van der Waals surface area contributed by atoms with Gasteiger partial charge in [-0.1, -0.05) is 19.1 Å². The Hall–Kier alpha value is -2.30. The predicted octanol–water partition coefficient (Wildman–Crippen LogP) is 2.29. The third kappa shape index (κ3) is 2.93. The molecule has 1 aromatic heterocycles. The van der Waals surface area contributed by atoms with Crippen molar-refractivity contribution in [3.8, 4) is 0 Å². The number of nitrogens with zero attached hydrogens (tertiary/aromatic N) is 2. The third-order valence-corrected chi connectivity index (χ3v) is 2.84. The van der Waals surface area contributed by atoms with Crippen molar-refractivity contribution in [2.75, 3.05) is 24.3 Å². The number of carbonyl (C=O) groups excluding carboxylic acids is 1. The summed E-state index contributed by atoms with van der Waals surface area (Å²) < 4.78 is 0. The number of aromatic amines is 1. The molecular formula is C14H18N4O. The van der Waals surface area contributed by atoms with Crippen LogP contribution in [0.3, 0.4) is 0 Å². The fourth-order valence-corrected chi connectivity index (χ4v) is 1.82. The van der Waals surface area contributed by atoms with Gasteiger partial charge in [-0.05, 0) is 12.1 Å². The lowest BCUT2D eigenvalue weighted by atomic mass is 10.2. The van der Waals surface area contributed by atoms with Gasteiger partial charge >= 0.3 is 0 Å². The smallest absolute Gasteiger partial charge is 0.273 e. The van der Waals surface area contributed by atoms with Crippen LogP contribution in [0.4, 0.5) is 11.4 Å². The van der Waals surface area contributed by atoms with Gasteiger partial charge < -0.3 is 15.2 Å². The second-order valence-corrected chi connectivity index (χ2v) is 4.46. The number of hydrogen-bond donors (Lipinski definition) is 2. The molecule has 0 aliphatic heterocycles. The van der Waals surface area contributed by atoms with Gasteiger partial charge in [-0.2, -0.15) is 0 Å². The molecule has 0 saturated carbocycles. The second kappa shape index (κ2) is 5.56. The maximum absolute atomic E-state index is 12.1. The molecule has 100 valence electrons. The lowest BCUT2D eigenvalue weighted by Gasteiger charge is -2.17. The lowest BCUT2D eigenvalue weighted by molar-refractivity contribution is 0.102. The number of amides is 1. The molecule has 5 nitrogen and oxygen atoms in total. The molecule has 0 fully saturated rings. The predicted molar refractivity (Wildman–Crippen MR) is 76.7 cm³/mol. The van der Waals surface area contributed by atoms with E-state index in [4.69, 9.17) is 0 Å². The van der Waals surface area contributed by atoms with Crippen LogP contribution in [0.2, 0.25) is 0 Å². The maximum Gasteiger partial charge on any atom is 0.273 e. The van der Waals surface area contributed by atoms with Crippen LogP contribution in [0.1, 0.15) is 23.2 Å². The van der Waals surface area contributed by atoms with Crippen LogP contribution >= 0.6 is 0 Å². The summed E-state index contributed by atoms with van der Waals surface area (Å²) >= 11 is 0. The van der Waals surface area contributed by atoms with Gasteiger partial charge in [0.15, 0.2) is 0 Å². The minimum atomic E-state index is -0.179. The topological polar surface area (TPSA) is 61.0 Å². The Balaban J connectivity index is 2.19. The molecular weight excluding hydrogens is 240 g/mol. The molecule has 5 heteroatoms. The summed E-state index contributed by atoms with van der Waals surface area (Å²) in [5, 5.41) is 2.89. The van der Waals surface area contributed by atoms with Gasteiger partial charge in [-0.3, -0.25) is 4.79 Å². The van der Waals surface area contributed by atoms with E-state index in [1.165, 1.54) is 0 Å². The maximum atomic E-state index is 12.1. The molecule has 0 atom stereocenters. The first-order chi connectivity index (χ1) is 9.11. The Labute approximate surface area is 112 Å². The number of H-pyrrole nitrogens is 1. The first-order valence-electron chi connectivity index (χ1n) is 6.23. The molecule has 19 heavy (non-hydrogen) atoms. The summed E-state index contributed by atoms with van der Waals surface area (Å²) in [7, 11) is 3.88. The van der Waals surface area contributed by atoms with E-state index in [0.717, 1.165) is 23.6 Å². The molecule has 0 saturated heterocycles. The minimum Gasteiger partial charge on any atom is -0.376 e. The zero-order chi connectivity index (χ0) is 13.8. The molecule has 0 unspecified atom stereocenters. The zero-order valence-corrected chi connectivity index (χ0v) is 11.4. The van der Waals surface area contributed by atoms with Crippen LogP contribution < -0.4 is 10.2 Å². The molecule has 0 spiro atoms. The van der Waals surface area contributed by atoms with E-state index in [2.05, 4.69) is 15.3 Å². The van der Waals surface area contributed by atoms with Gasteiger partial charge in [0, 0.05) is 20.5 Å². The van der Waals surface area contributed by atoms with Gasteiger partial charge in [-0.15, -0.1) is 0 Å². The van der Waals surface area contributed by atoms with E-state index in [-0.39, 0.29) is 5.91 Å². The number of benzene rings is 1. The summed E-state index contributed by atoms with van der Waals surface area (Å²) in [5.74, 6) is 0.632. The summed E-state index contributed by atoms with van der Waals surface area (Å²) in [5.41, 5.74) is 2.22. The highest BCUT2D eigenvalue weighted by Crippen LogP contribution is 2.23. The average molecular weight is 258 g/mol. The fraction of sp³-hybridized carbons (Fsp3) is 0.286. The van der Waals surface area contributed by atoms with Crippen molar-refractivity contribution in [1.29, 1.82) is 0 Å². The minimum absolute atomic E-state index is 0.179. The van der Waals surface area contributed by atoms with Crippen LogP contribution in [0, 0.1) is 0 Å². The monoisotopic (exact) mass is 258 g/mol. The number of rotatable bonds is 4. The normalized spacial score (nSPS) is 10.3. The van der Waals surface area contributed by atoms with Crippen LogP contribution in [-0.4, -0.2) is 30.0 Å². The molecule has 0 radical (unpaired) electrons. The lowest BCUT2D eigenvalue weighted by Crippen LogP contribution is -2.17. The summed E-state index contributed by atoms with van der Waals surface area (Å²) in [4.78, 5) is 21.2. The Kier molecular flexibility index (Phi) is 3.85. The zero-order valence-electron chi connectivity index (χ0n) is 11.4. The summed E-state index contributed by atoms with van der Waals surface area (Å²) in [6.07, 6.45) is 2.34. The van der Waals surface area contributed by atoms with Crippen LogP contribution in [0.15, 0.2) is 30.5 Å². The van der Waals surface area contributed by atoms with Crippen LogP contribution in [0.25, 0.3) is 0 Å². The van der Waals surface area contributed by atoms with Crippen molar-refractivity contribution in [2.24, 2.45) is 0 Å². The molecule has 0 bridgehead atoms. The Bertz CT molecular complexity index is 574. The number of hydrogen-bond acceptors (Lipinski definition) is 3. The second-order valence-electron chi connectivity index (χ2n) is 4.46. The molecule has 1 aromatic carbocycles. The molecule has 1 heterocycles. The van der Waals surface area contributed by atoms with Crippen molar-refractivity contribution in [2.45, 2.75) is 13.3 Å². The summed E-state index contributed by atoms with van der Waals surface area (Å²) in [6, 6.07) is 7.67. The highest BCUT2D eigenvalue weighted by atomic mass is 16.1. The number of para-hydroxylation sites is 2. The average Bonchev–Trinajstić information content (AvgIpc) is 2.88. The Morgan fingerprint density at radius 1 is 1.37 bits per heavy atom. The highest BCUT2D eigenvalue weighted by molar-refractivity contribution is 6.04. The fourth-order valence-electron chi connectivity index (χ4n) is 1.82. The number of nitrogens with one attached hydrogen (secondary N) is 2. The van der Waals surface area contributed by atoms with Crippen LogP contribution in [-0.2, 0) is 6.42 Å². The summed E-state index contributed by atoms with van der Waals surface area (Å²) in [6.45, 7) is 1.99. The molecule has 1 amide bonds. The third-order valence-electron chi connectivity index (χ3n) is 2.84. The van der Waals surface area contributed by atoms with Gasteiger partial charge in [0.25, 0.3) is 5.91 Å². The van der Waals surface area contributed by atoms with Gasteiger partial charge in [-0.25, -0.2) is 4.98 Å². The molecule has 0 aliphatic carbocycles. The number of anilines is 2. The quantitative estimate of drug-likeness (QED) is 0.884. The van der Waals surface area contributed by atoms with E-state index in [1.807, 2.05) is 50.2 Å². The van der Waals surface area contributed by atoms with Crippen molar-refractivity contribution < 1.29 is 4.79 Å². The molecule has 2 rings (SSSR count). The Morgan fingerprint density at radius 2 is 2.11 bits per heavy atom. The number of carbonyl (C=O) groups is 1. The standard InChI is InChI=1S/C14H18N4O/c1-4-13-15-9-11(16-13)14(19)17-10-7-5-6-8-12(10)18(2)3/h5-9H,4H2,1-3H3,(H,15,16)(H,17,19). The molecule has 0 aliphatic rings. The van der Waals surface area contributed by atoms with Gasteiger partial charge in [0.05, 0.1) is 17.6 Å². The number of imidazole rings is 1. The first-order valence-corrected chi connectivity index (χ1v) is 6.23. The van der Waals surface area contributed by atoms with Crippen molar-refractivity contribution in [3.05, 3.63) is 42.0 Å². The SMILES string of the molecule is CCc1ncc(C(=O)Nc2ccccc2N(C)C)[nH]1. The highest BCUT2D eigenvalue weighted by Gasteiger charge is 2.12. The van der Waals surface area contributed by atoms with Crippen LogP contribution in [0.5, 0.6) is 0 Å². The molecule has 2 aromatic rings. The number of aryl methyl sites for hydroxylation is 1. The van der Waals surface area contributed by atoms with E-state index in [1.54, 1.807) is 6.20 Å².